The number of hydrogen-bond donors (Lipinski definition) is 2. The molecule has 1 aliphatic carbocycles. The number of carbonyl (C=O) groups is 1. The van der Waals surface area contributed by atoms with Gasteiger partial charge in [-0.05, 0) is 42.0 Å². The fraction of sp³-hybridized carbons (Fsp3) is 0.364. The molecular formula is C11H13NO2. The van der Waals surface area contributed by atoms with E-state index in [0.29, 0.717) is 0 Å². The SMILES string of the molecule is Nc1ccc2c(c1)CCC2CC(=O)O. The van der Waals surface area contributed by atoms with Gasteiger partial charge in [0, 0.05) is 5.69 Å². The molecule has 0 aromatic heterocycles. The van der Waals surface area contributed by atoms with Crippen LogP contribution in [-0.4, -0.2) is 11.1 Å². The van der Waals surface area contributed by atoms with E-state index in [4.69, 9.17) is 10.8 Å². The van der Waals surface area contributed by atoms with E-state index in [1.54, 1.807) is 0 Å². The average molecular weight is 191 g/mol. The highest BCUT2D eigenvalue weighted by Gasteiger charge is 2.24. The van der Waals surface area contributed by atoms with Crippen LogP contribution in [0.3, 0.4) is 0 Å². The molecule has 2 rings (SSSR count). The summed E-state index contributed by atoms with van der Waals surface area (Å²) in [7, 11) is 0. The molecule has 3 heteroatoms. The number of aryl methyl sites for hydroxylation is 1. The molecule has 0 spiro atoms. The van der Waals surface area contributed by atoms with Gasteiger partial charge < -0.3 is 10.8 Å². The Balaban J connectivity index is 2.26. The first kappa shape index (κ1) is 9.06. The maximum absolute atomic E-state index is 10.6. The molecule has 14 heavy (non-hydrogen) atoms. The molecule has 1 aromatic rings. The lowest BCUT2D eigenvalue weighted by Gasteiger charge is -2.08. The summed E-state index contributed by atoms with van der Waals surface area (Å²) in [5, 5.41) is 8.73. The summed E-state index contributed by atoms with van der Waals surface area (Å²) in [5.74, 6) is -0.539. The number of aliphatic carboxylic acids is 1. The summed E-state index contributed by atoms with van der Waals surface area (Å²) in [5.41, 5.74) is 8.81. The molecule has 0 saturated carbocycles. The van der Waals surface area contributed by atoms with Crippen LogP contribution in [0.2, 0.25) is 0 Å². The molecule has 3 N–H and O–H groups in total. The molecule has 1 aliphatic rings. The number of fused-ring (bicyclic) bond motifs is 1. The van der Waals surface area contributed by atoms with Crippen molar-refractivity contribution in [2.24, 2.45) is 0 Å². The lowest BCUT2D eigenvalue weighted by Crippen LogP contribution is -2.03. The van der Waals surface area contributed by atoms with Crippen molar-refractivity contribution in [3.63, 3.8) is 0 Å². The second-order valence-corrected chi connectivity index (χ2v) is 3.79. The van der Waals surface area contributed by atoms with Gasteiger partial charge in [0.05, 0.1) is 6.42 Å². The second-order valence-electron chi connectivity index (χ2n) is 3.79. The van der Waals surface area contributed by atoms with Crippen molar-refractivity contribution in [1.29, 1.82) is 0 Å². The lowest BCUT2D eigenvalue weighted by atomic mass is 9.98. The van der Waals surface area contributed by atoms with E-state index in [0.717, 1.165) is 18.5 Å². The average Bonchev–Trinajstić information content (AvgIpc) is 2.47. The largest absolute Gasteiger partial charge is 0.481 e. The number of rotatable bonds is 2. The van der Waals surface area contributed by atoms with Gasteiger partial charge in [-0.1, -0.05) is 6.07 Å². The summed E-state index contributed by atoms with van der Waals surface area (Å²) in [6.07, 6.45) is 2.13. The van der Waals surface area contributed by atoms with Gasteiger partial charge in [-0.25, -0.2) is 0 Å². The van der Waals surface area contributed by atoms with E-state index >= 15 is 0 Å². The van der Waals surface area contributed by atoms with Crippen LogP contribution in [0.15, 0.2) is 18.2 Å². The quantitative estimate of drug-likeness (QED) is 0.700. The van der Waals surface area contributed by atoms with Crippen molar-refractivity contribution in [1.82, 2.24) is 0 Å². The van der Waals surface area contributed by atoms with Crippen LogP contribution in [0, 0.1) is 0 Å². The van der Waals surface area contributed by atoms with Crippen LogP contribution in [-0.2, 0) is 11.2 Å². The van der Waals surface area contributed by atoms with Crippen molar-refractivity contribution >= 4 is 11.7 Å². The highest BCUT2D eigenvalue weighted by atomic mass is 16.4. The molecule has 0 radical (unpaired) electrons. The summed E-state index contributed by atoms with van der Waals surface area (Å²) in [4.78, 5) is 10.6. The molecule has 0 fully saturated rings. The van der Waals surface area contributed by atoms with Gasteiger partial charge in [-0.2, -0.15) is 0 Å². The minimum atomic E-state index is -0.723. The Bertz CT molecular complexity index is 374. The zero-order chi connectivity index (χ0) is 10.1. The third-order valence-corrected chi connectivity index (χ3v) is 2.79. The molecule has 1 atom stereocenters. The number of carboxylic acid groups (broad SMARTS) is 1. The maximum atomic E-state index is 10.6. The van der Waals surface area contributed by atoms with Crippen LogP contribution in [0.4, 0.5) is 5.69 Å². The summed E-state index contributed by atoms with van der Waals surface area (Å²) in [6, 6.07) is 5.77. The van der Waals surface area contributed by atoms with Crippen LogP contribution in [0.1, 0.15) is 29.9 Å². The van der Waals surface area contributed by atoms with E-state index < -0.39 is 5.97 Å². The number of nitrogens with two attached hydrogens (primary N) is 1. The molecule has 0 aliphatic heterocycles. The Labute approximate surface area is 82.5 Å². The van der Waals surface area contributed by atoms with Crippen LogP contribution in [0.5, 0.6) is 0 Å². The Morgan fingerprint density at radius 3 is 3.07 bits per heavy atom. The molecular weight excluding hydrogens is 178 g/mol. The highest BCUT2D eigenvalue weighted by Crippen LogP contribution is 2.36. The monoisotopic (exact) mass is 191 g/mol. The minimum absolute atomic E-state index is 0.183. The number of carboxylic acids is 1. The summed E-state index contributed by atoms with van der Waals surface area (Å²) < 4.78 is 0. The highest BCUT2D eigenvalue weighted by molar-refractivity contribution is 5.68. The fourth-order valence-corrected chi connectivity index (χ4v) is 2.15. The smallest absolute Gasteiger partial charge is 0.303 e. The third-order valence-electron chi connectivity index (χ3n) is 2.79. The first-order valence-corrected chi connectivity index (χ1v) is 4.77. The first-order valence-electron chi connectivity index (χ1n) is 4.77. The van der Waals surface area contributed by atoms with E-state index in [2.05, 4.69) is 0 Å². The maximum Gasteiger partial charge on any atom is 0.303 e. The number of anilines is 1. The van der Waals surface area contributed by atoms with E-state index in [1.165, 1.54) is 11.1 Å². The molecule has 0 amide bonds. The standard InChI is InChI=1S/C11H13NO2/c12-9-3-4-10-7(5-9)1-2-8(10)6-11(13)14/h3-5,8H,1-2,6,12H2,(H,13,14). The van der Waals surface area contributed by atoms with Gasteiger partial charge in [-0.15, -0.1) is 0 Å². The zero-order valence-corrected chi connectivity index (χ0v) is 7.86. The van der Waals surface area contributed by atoms with Crippen molar-refractivity contribution in [3.05, 3.63) is 29.3 Å². The number of hydrogen-bond acceptors (Lipinski definition) is 2. The lowest BCUT2D eigenvalue weighted by molar-refractivity contribution is -0.137. The van der Waals surface area contributed by atoms with Crippen LogP contribution in [0.25, 0.3) is 0 Å². The first-order chi connectivity index (χ1) is 6.66. The number of benzene rings is 1. The molecule has 74 valence electrons. The summed E-state index contributed by atoms with van der Waals surface area (Å²) in [6.45, 7) is 0. The molecule has 0 heterocycles. The van der Waals surface area contributed by atoms with Gasteiger partial charge in [-0.3, -0.25) is 4.79 Å². The van der Waals surface area contributed by atoms with Crippen LogP contribution < -0.4 is 5.73 Å². The predicted molar refractivity (Wildman–Crippen MR) is 54.2 cm³/mol. The molecule has 1 aromatic carbocycles. The molecule has 0 bridgehead atoms. The van der Waals surface area contributed by atoms with Crippen molar-refractivity contribution in [2.75, 3.05) is 5.73 Å². The van der Waals surface area contributed by atoms with E-state index in [9.17, 15) is 4.79 Å². The Hall–Kier alpha value is -1.51. The van der Waals surface area contributed by atoms with Crippen molar-refractivity contribution in [3.8, 4) is 0 Å². The van der Waals surface area contributed by atoms with Gasteiger partial charge in [0.25, 0.3) is 0 Å². The minimum Gasteiger partial charge on any atom is -0.481 e. The Morgan fingerprint density at radius 1 is 1.57 bits per heavy atom. The Kier molecular flexibility index (Phi) is 2.15. The molecule has 0 saturated heterocycles. The van der Waals surface area contributed by atoms with E-state index in [1.807, 2.05) is 18.2 Å². The second kappa shape index (κ2) is 3.33. The van der Waals surface area contributed by atoms with Crippen molar-refractivity contribution < 1.29 is 9.90 Å². The van der Waals surface area contributed by atoms with E-state index in [-0.39, 0.29) is 12.3 Å². The summed E-state index contributed by atoms with van der Waals surface area (Å²) >= 11 is 0. The molecule has 1 unspecified atom stereocenters. The van der Waals surface area contributed by atoms with Crippen molar-refractivity contribution in [2.45, 2.75) is 25.2 Å². The van der Waals surface area contributed by atoms with Gasteiger partial charge in [0.2, 0.25) is 0 Å². The third kappa shape index (κ3) is 1.58. The van der Waals surface area contributed by atoms with Gasteiger partial charge in [0.1, 0.15) is 0 Å². The Morgan fingerprint density at radius 2 is 2.36 bits per heavy atom. The topological polar surface area (TPSA) is 63.3 Å². The van der Waals surface area contributed by atoms with Crippen LogP contribution >= 0.6 is 0 Å². The zero-order valence-electron chi connectivity index (χ0n) is 7.86. The van der Waals surface area contributed by atoms with Gasteiger partial charge in [0.15, 0.2) is 0 Å². The fourth-order valence-electron chi connectivity index (χ4n) is 2.15. The van der Waals surface area contributed by atoms with Gasteiger partial charge >= 0.3 is 5.97 Å². The number of nitrogen functional groups attached to an aromatic ring is 1. The molecule has 3 nitrogen and oxygen atoms in total. The predicted octanol–water partition coefficient (Wildman–Crippen LogP) is 1.77. The normalized spacial score (nSPS) is 19.3.